The predicted octanol–water partition coefficient (Wildman–Crippen LogP) is 3.05. The number of halogens is 3. The summed E-state index contributed by atoms with van der Waals surface area (Å²) in [5, 5.41) is 8.81. The van der Waals surface area contributed by atoms with Crippen molar-refractivity contribution in [3.8, 4) is 6.07 Å². The zero-order valence-electron chi connectivity index (χ0n) is 10.8. The van der Waals surface area contributed by atoms with Crippen LogP contribution < -0.4 is 4.90 Å². The summed E-state index contributed by atoms with van der Waals surface area (Å²) in [7, 11) is 1.74. The van der Waals surface area contributed by atoms with Gasteiger partial charge in [0.15, 0.2) is 0 Å². The summed E-state index contributed by atoms with van der Waals surface area (Å²) in [6, 6.07) is 5.12. The smallest absolute Gasteiger partial charge is 0.380 e. The first kappa shape index (κ1) is 15.3. The van der Waals surface area contributed by atoms with E-state index in [2.05, 4.69) is 0 Å². The SMILES string of the molecule is CCOCCN(C)c1ccc(C(F)(F)F)c(C#N)c1. The molecule has 1 rings (SSSR count). The van der Waals surface area contributed by atoms with Crippen LogP contribution >= 0.6 is 0 Å². The number of alkyl halides is 3. The van der Waals surface area contributed by atoms with Crippen molar-refractivity contribution in [2.75, 3.05) is 31.7 Å². The van der Waals surface area contributed by atoms with Crippen molar-refractivity contribution in [1.29, 1.82) is 5.26 Å². The number of hydrogen-bond acceptors (Lipinski definition) is 3. The first-order chi connectivity index (χ1) is 8.90. The van der Waals surface area contributed by atoms with Gasteiger partial charge in [0.05, 0.1) is 23.8 Å². The van der Waals surface area contributed by atoms with Gasteiger partial charge in [-0.1, -0.05) is 0 Å². The molecule has 19 heavy (non-hydrogen) atoms. The van der Waals surface area contributed by atoms with Gasteiger partial charge in [-0.25, -0.2) is 0 Å². The lowest BCUT2D eigenvalue weighted by Gasteiger charge is -2.20. The van der Waals surface area contributed by atoms with Crippen LogP contribution in [0.1, 0.15) is 18.1 Å². The predicted molar refractivity (Wildman–Crippen MR) is 65.9 cm³/mol. The van der Waals surface area contributed by atoms with Crippen molar-refractivity contribution in [2.24, 2.45) is 0 Å². The zero-order chi connectivity index (χ0) is 14.5. The molecule has 6 heteroatoms. The van der Waals surface area contributed by atoms with Crippen molar-refractivity contribution in [2.45, 2.75) is 13.1 Å². The molecule has 0 saturated heterocycles. The molecule has 1 aromatic carbocycles. The van der Waals surface area contributed by atoms with Gasteiger partial charge in [-0.15, -0.1) is 0 Å². The second-order valence-corrected chi connectivity index (χ2v) is 3.96. The minimum Gasteiger partial charge on any atom is -0.380 e. The summed E-state index contributed by atoms with van der Waals surface area (Å²) in [6.07, 6.45) is -4.51. The van der Waals surface area contributed by atoms with Gasteiger partial charge in [0, 0.05) is 25.9 Å². The molecule has 0 radical (unpaired) electrons. The third-order valence-electron chi connectivity index (χ3n) is 2.64. The molecule has 1 aromatic rings. The van der Waals surface area contributed by atoms with Crippen molar-refractivity contribution < 1.29 is 17.9 Å². The highest BCUT2D eigenvalue weighted by Gasteiger charge is 2.33. The molecule has 0 aliphatic carbocycles. The van der Waals surface area contributed by atoms with E-state index in [4.69, 9.17) is 10.00 Å². The van der Waals surface area contributed by atoms with Gasteiger partial charge in [0.2, 0.25) is 0 Å². The molecule has 0 saturated carbocycles. The number of ether oxygens (including phenoxy) is 1. The van der Waals surface area contributed by atoms with Crippen LogP contribution in [0.25, 0.3) is 0 Å². The van der Waals surface area contributed by atoms with Gasteiger partial charge in [-0.3, -0.25) is 0 Å². The molecule has 0 heterocycles. The van der Waals surface area contributed by atoms with Crippen LogP contribution in [0.4, 0.5) is 18.9 Å². The molecule has 0 fully saturated rings. The van der Waals surface area contributed by atoms with E-state index in [0.717, 1.165) is 6.07 Å². The molecule has 0 atom stereocenters. The fraction of sp³-hybridized carbons (Fsp3) is 0.462. The number of hydrogen-bond donors (Lipinski definition) is 0. The Kier molecular flexibility index (Phi) is 5.19. The van der Waals surface area contributed by atoms with E-state index in [1.165, 1.54) is 12.1 Å². The molecular weight excluding hydrogens is 257 g/mol. The Morgan fingerprint density at radius 1 is 1.37 bits per heavy atom. The Morgan fingerprint density at radius 2 is 2.05 bits per heavy atom. The summed E-state index contributed by atoms with van der Waals surface area (Å²) in [5.74, 6) is 0. The zero-order valence-corrected chi connectivity index (χ0v) is 10.8. The minimum absolute atomic E-state index is 0.367. The van der Waals surface area contributed by atoms with Crippen LogP contribution in [0.3, 0.4) is 0 Å². The van der Waals surface area contributed by atoms with Crippen LogP contribution in [0, 0.1) is 11.3 Å². The van der Waals surface area contributed by atoms with E-state index in [9.17, 15) is 13.2 Å². The van der Waals surface area contributed by atoms with E-state index in [0.29, 0.717) is 25.4 Å². The minimum atomic E-state index is -4.51. The number of anilines is 1. The highest BCUT2D eigenvalue weighted by atomic mass is 19.4. The number of likely N-dealkylation sites (N-methyl/N-ethyl adjacent to an activating group) is 1. The second-order valence-electron chi connectivity index (χ2n) is 3.96. The third-order valence-corrected chi connectivity index (χ3v) is 2.64. The molecule has 3 nitrogen and oxygen atoms in total. The highest BCUT2D eigenvalue weighted by Crippen LogP contribution is 2.33. The van der Waals surface area contributed by atoms with Crippen molar-refractivity contribution in [1.82, 2.24) is 0 Å². The normalized spacial score (nSPS) is 11.2. The fourth-order valence-electron chi connectivity index (χ4n) is 1.58. The summed E-state index contributed by atoms with van der Waals surface area (Å²) in [5.41, 5.74) is -0.713. The lowest BCUT2D eigenvalue weighted by molar-refractivity contribution is -0.137. The first-order valence-electron chi connectivity index (χ1n) is 5.80. The largest absolute Gasteiger partial charge is 0.417 e. The van der Waals surface area contributed by atoms with Crippen LogP contribution in [-0.2, 0) is 10.9 Å². The average Bonchev–Trinajstić information content (AvgIpc) is 2.37. The van der Waals surface area contributed by atoms with E-state index in [1.807, 2.05) is 6.92 Å². The number of nitrogens with zero attached hydrogens (tertiary/aromatic N) is 2. The topological polar surface area (TPSA) is 36.3 Å². The monoisotopic (exact) mass is 272 g/mol. The molecule has 0 unspecified atom stereocenters. The van der Waals surface area contributed by atoms with Gasteiger partial charge in [-0.2, -0.15) is 18.4 Å². The van der Waals surface area contributed by atoms with Crippen molar-refractivity contribution in [3.05, 3.63) is 29.3 Å². The van der Waals surface area contributed by atoms with Gasteiger partial charge in [-0.05, 0) is 25.1 Å². The molecule has 104 valence electrons. The van der Waals surface area contributed by atoms with Gasteiger partial charge >= 0.3 is 6.18 Å². The third kappa shape index (κ3) is 4.14. The Morgan fingerprint density at radius 3 is 2.58 bits per heavy atom. The molecule has 0 N–H and O–H groups in total. The maximum absolute atomic E-state index is 12.6. The number of benzene rings is 1. The first-order valence-corrected chi connectivity index (χ1v) is 5.80. The summed E-state index contributed by atoms with van der Waals surface area (Å²) in [4.78, 5) is 1.75. The Hall–Kier alpha value is -1.74. The number of nitriles is 1. The van der Waals surface area contributed by atoms with Crippen LogP contribution in [-0.4, -0.2) is 26.8 Å². The van der Waals surface area contributed by atoms with E-state index >= 15 is 0 Å². The Labute approximate surface area is 110 Å². The quantitative estimate of drug-likeness (QED) is 0.773. The van der Waals surface area contributed by atoms with Crippen molar-refractivity contribution >= 4 is 5.69 Å². The molecule has 0 aliphatic heterocycles. The molecular formula is C13H15F3N2O. The summed E-state index contributed by atoms with van der Waals surface area (Å²) in [6.45, 7) is 3.48. The van der Waals surface area contributed by atoms with Gasteiger partial charge in [0.25, 0.3) is 0 Å². The molecule has 0 amide bonds. The molecule has 0 aliphatic rings. The van der Waals surface area contributed by atoms with Crippen LogP contribution in [0.2, 0.25) is 0 Å². The fourth-order valence-corrected chi connectivity index (χ4v) is 1.58. The highest BCUT2D eigenvalue weighted by molar-refractivity contribution is 5.54. The molecule has 0 aromatic heterocycles. The van der Waals surface area contributed by atoms with E-state index in [-0.39, 0.29) is 5.56 Å². The van der Waals surface area contributed by atoms with Crippen LogP contribution in [0.5, 0.6) is 0 Å². The van der Waals surface area contributed by atoms with Crippen LogP contribution in [0.15, 0.2) is 18.2 Å². The summed E-state index contributed by atoms with van der Waals surface area (Å²) < 4.78 is 43.1. The van der Waals surface area contributed by atoms with Crippen molar-refractivity contribution in [3.63, 3.8) is 0 Å². The maximum atomic E-state index is 12.6. The van der Waals surface area contributed by atoms with Gasteiger partial charge < -0.3 is 9.64 Å². The molecule has 0 spiro atoms. The molecule has 0 bridgehead atoms. The lowest BCUT2D eigenvalue weighted by atomic mass is 10.1. The summed E-state index contributed by atoms with van der Waals surface area (Å²) >= 11 is 0. The second kappa shape index (κ2) is 6.43. The van der Waals surface area contributed by atoms with E-state index < -0.39 is 11.7 Å². The van der Waals surface area contributed by atoms with Gasteiger partial charge in [0.1, 0.15) is 0 Å². The standard InChI is InChI=1S/C13H15F3N2O/c1-3-19-7-6-18(2)11-4-5-12(13(14,15)16)10(8-11)9-17/h4-5,8H,3,6-7H2,1-2H3. The Balaban J connectivity index is 2.92. The lowest BCUT2D eigenvalue weighted by Crippen LogP contribution is -2.23. The Bertz CT molecular complexity index is 466. The number of rotatable bonds is 5. The maximum Gasteiger partial charge on any atom is 0.417 e. The average molecular weight is 272 g/mol. The van der Waals surface area contributed by atoms with E-state index in [1.54, 1.807) is 18.0 Å².